The van der Waals surface area contributed by atoms with Crippen LogP contribution in [0, 0.1) is 39.9 Å². The van der Waals surface area contributed by atoms with Crippen LogP contribution in [0.3, 0.4) is 0 Å². The molecule has 1 nitrogen and oxygen atoms in total. The summed E-state index contributed by atoms with van der Waals surface area (Å²) in [7, 11) is 0. The van der Waals surface area contributed by atoms with E-state index in [1.165, 1.54) is 57.8 Å². The Morgan fingerprint density at radius 1 is 0.938 bits per heavy atom. The molecule has 5 aliphatic rings. The maximum absolute atomic E-state index is 9.31. The van der Waals surface area contributed by atoms with E-state index >= 15 is 0 Å². The van der Waals surface area contributed by atoms with Crippen LogP contribution in [0.5, 0.6) is 0 Å². The van der Waals surface area contributed by atoms with Crippen molar-refractivity contribution in [2.75, 3.05) is 0 Å². The lowest BCUT2D eigenvalue weighted by molar-refractivity contribution is -0.0640. The molecule has 4 bridgehead atoms. The summed E-state index contributed by atoms with van der Waals surface area (Å²) >= 11 is 0. The molecular formula is C15H21N. The number of rotatable bonds is 2. The van der Waals surface area contributed by atoms with Gasteiger partial charge in [0.2, 0.25) is 0 Å². The molecule has 0 radical (unpaired) electrons. The molecule has 0 aliphatic heterocycles. The van der Waals surface area contributed by atoms with Crippen molar-refractivity contribution in [3.8, 4) is 6.07 Å². The predicted octanol–water partition coefficient (Wildman–Crippen LogP) is 3.90. The zero-order chi connectivity index (χ0) is 10.8. The van der Waals surface area contributed by atoms with Gasteiger partial charge >= 0.3 is 0 Å². The predicted molar refractivity (Wildman–Crippen MR) is 62.5 cm³/mol. The number of nitrogens with zero attached hydrogens (tertiary/aromatic N) is 1. The Kier molecular flexibility index (Phi) is 1.69. The third-order valence-electron chi connectivity index (χ3n) is 5.97. The fourth-order valence-corrected chi connectivity index (χ4v) is 5.70. The molecule has 0 aromatic heterocycles. The molecule has 1 heteroatoms. The van der Waals surface area contributed by atoms with E-state index in [-0.39, 0.29) is 5.41 Å². The van der Waals surface area contributed by atoms with Crippen LogP contribution in [0.1, 0.15) is 57.8 Å². The van der Waals surface area contributed by atoms with Crippen molar-refractivity contribution in [1.82, 2.24) is 0 Å². The monoisotopic (exact) mass is 215 g/mol. The van der Waals surface area contributed by atoms with Crippen molar-refractivity contribution < 1.29 is 0 Å². The summed E-state index contributed by atoms with van der Waals surface area (Å²) in [5, 5.41) is 9.31. The summed E-state index contributed by atoms with van der Waals surface area (Å²) in [6.45, 7) is 0. The highest BCUT2D eigenvalue weighted by Gasteiger charge is 2.56. The maximum atomic E-state index is 9.31. The molecule has 5 saturated carbocycles. The minimum Gasteiger partial charge on any atom is -0.198 e. The summed E-state index contributed by atoms with van der Waals surface area (Å²) in [5.74, 6) is 3.13. The number of hydrogen-bond donors (Lipinski definition) is 0. The van der Waals surface area contributed by atoms with Gasteiger partial charge in [-0.1, -0.05) is 0 Å². The minimum atomic E-state index is 0.145. The minimum absolute atomic E-state index is 0.145. The lowest BCUT2D eigenvalue weighted by atomic mass is 9.48. The normalized spacial score (nSPS) is 51.3. The van der Waals surface area contributed by atoms with Gasteiger partial charge in [-0.3, -0.25) is 0 Å². The molecule has 0 spiro atoms. The second-order valence-electron chi connectivity index (χ2n) is 7.49. The van der Waals surface area contributed by atoms with Gasteiger partial charge in [0.15, 0.2) is 0 Å². The van der Waals surface area contributed by atoms with Crippen molar-refractivity contribution >= 4 is 0 Å². The second-order valence-corrected chi connectivity index (χ2v) is 7.49. The molecule has 0 atom stereocenters. The lowest BCUT2D eigenvalue weighted by Gasteiger charge is -2.57. The summed E-state index contributed by atoms with van der Waals surface area (Å²) in [6.07, 6.45) is 12.7. The van der Waals surface area contributed by atoms with E-state index in [1.54, 1.807) is 0 Å². The molecule has 16 heavy (non-hydrogen) atoms. The van der Waals surface area contributed by atoms with Crippen molar-refractivity contribution in [1.29, 1.82) is 5.26 Å². The zero-order valence-electron chi connectivity index (χ0n) is 10.0. The molecule has 0 saturated heterocycles. The van der Waals surface area contributed by atoms with Crippen molar-refractivity contribution in [2.24, 2.45) is 28.6 Å². The third-order valence-corrected chi connectivity index (χ3v) is 5.97. The largest absolute Gasteiger partial charge is 0.198 e. The standard InChI is InChI=1S/C15H21N/c16-10-14(1-2-14)9-15-6-11-3-12(7-15)5-13(4-11)8-15/h11-13H,1-9H2. The first kappa shape index (κ1) is 9.51. The Morgan fingerprint density at radius 3 is 1.81 bits per heavy atom. The van der Waals surface area contributed by atoms with Gasteiger partial charge in [0.1, 0.15) is 0 Å². The molecule has 0 amide bonds. The first-order chi connectivity index (χ1) is 7.71. The summed E-state index contributed by atoms with van der Waals surface area (Å²) in [4.78, 5) is 0. The highest BCUT2D eigenvalue weighted by molar-refractivity contribution is 5.14. The van der Waals surface area contributed by atoms with Crippen molar-refractivity contribution in [3.63, 3.8) is 0 Å². The fraction of sp³-hybridized carbons (Fsp3) is 0.933. The van der Waals surface area contributed by atoms with Gasteiger partial charge in [-0.25, -0.2) is 0 Å². The number of hydrogen-bond acceptors (Lipinski definition) is 1. The Balaban J connectivity index is 1.60. The van der Waals surface area contributed by atoms with E-state index in [2.05, 4.69) is 6.07 Å². The molecule has 0 heterocycles. The van der Waals surface area contributed by atoms with Gasteiger partial charge in [0.05, 0.1) is 11.5 Å². The molecule has 0 unspecified atom stereocenters. The average molecular weight is 215 g/mol. The van der Waals surface area contributed by atoms with E-state index in [9.17, 15) is 5.26 Å². The van der Waals surface area contributed by atoms with Crippen molar-refractivity contribution in [3.05, 3.63) is 0 Å². The van der Waals surface area contributed by atoms with Crippen molar-refractivity contribution in [2.45, 2.75) is 57.8 Å². The first-order valence-corrected chi connectivity index (χ1v) is 7.12. The highest BCUT2D eigenvalue weighted by atomic mass is 14.6. The van der Waals surface area contributed by atoms with Gasteiger partial charge in [0.25, 0.3) is 0 Å². The fourth-order valence-electron chi connectivity index (χ4n) is 5.70. The number of nitriles is 1. The molecule has 0 aromatic rings. The summed E-state index contributed by atoms with van der Waals surface area (Å²) in [5.41, 5.74) is 0.770. The maximum Gasteiger partial charge on any atom is 0.0689 e. The zero-order valence-corrected chi connectivity index (χ0v) is 10.0. The van der Waals surface area contributed by atoms with Crippen LogP contribution in [0.15, 0.2) is 0 Å². The summed E-state index contributed by atoms with van der Waals surface area (Å²) in [6, 6.07) is 2.63. The molecule has 5 fully saturated rings. The van der Waals surface area contributed by atoms with Gasteiger partial charge in [-0.2, -0.15) is 5.26 Å². The molecule has 5 rings (SSSR count). The smallest absolute Gasteiger partial charge is 0.0689 e. The average Bonchev–Trinajstić information content (AvgIpc) is 2.95. The van der Waals surface area contributed by atoms with Crippen LogP contribution in [0.25, 0.3) is 0 Å². The lowest BCUT2D eigenvalue weighted by Crippen LogP contribution is -2.46. The van der Waals surface area contributed by atoms with E-state index in [1.807, 2.05) is 0 Å². The summed E-state index contributed by atoms with van der Waals surface area (Å²) < 4.78 is 0. The van der Waals surface area contributed by atoms with Crippen LogP contribution in [0.4, 0.5) is 0 Å². The van der Waals surface area contributed by atoms with E-state index < -0.39 is 0 Å². The van der Waals surface area contributed by atoms with Gasteiger partial charge < -0.3 is 0 Å². The van der Waals surface area contributed by atoms with Gasteiger partial charge in [-0.15, -0.1) is 0 Å². The Labute approximate surface area is 98.2 Å². The van der Waals surface area contributed by atoms with E-state index in [4.69, 9.17) is 0 Å². The Morgan fingerprint density at radius 2 is 1.44 bits per heavy atom. The SMILES string of the molecule is N#CC1(CC23CC4CC(CC(C4)C2)C3)CC1. The van der Waals surface area contributed by atoms with Crippen LogP contribution in [0.2, 0.25) is 0 Å². The Hall–Kier alpha value is -0.510. The van der Waals surface area contributed by atoms with Crippen LogP contribution < -0.4 is 0 Å². The topological polar surface area (TPSA) is 23.8 Å². The Bertz CT molecular complexity index is 323. The molecule has 0 aromatic carbocycles. The van der Waals surface area contributed by atoms with Crippen LogP contribution in [-0.2, 0) is 0 Å². The quantitative estimate of drug-likeness (QED) is 0.685. The molecule has 5 aliphatic carbocycles. The van der Waals surface area contributed by atoms with Gasteiger partial charge in [-0.05, 0) is 81.0 Å². The molecular weight excluding hydrogens is 194 g/mol. The van der Waals surface area contributed by atoms with E-state index in [0.717, 1.165) is 17.8 Å². The molecule has 86 valence electrons. The van der Waals surface area contributed by atoms with Gasteiger partial charge in [0, 0.05) is 0 Å². The van der Waals surface area contributed by atoms with Crippen LogP contribution in [-0.4, -0.2) is 0 Å². The van der Waals surface area contributed by atoms with Crippen LogP contribution >= 0.6 is 0 Å². The first-order valence-electron chi connectivity index (χ1n) is 7.12. The molecule has 0 N–H and O–H groups in total. The van der Waals surface area contributed by atoms with E-state index in [0.29, 0.717) is 5.41 Å². The second kappa shape index (κ2) is 2.84. The third kappa shape index (κ3) is 1.28. The highest BCUT2D eigenvalue weighted by Crippen LogP contribution is 2.66.